The fourth-order valence-electron chi connectivity index (χ4n) is 0.601. The number of hydrogen-bond acceptors (Lipinski definition) is 3. The second kappa shape index (κ2) is 4.38. The molecule has 0 N–H and O–H groups in total. The van der Waals surface area contributed by atoms with Crippen LogP contribution in [0.4, 0.5) is 4.70 Å². The smallest absolute Gasteiger partial charge is 0.339 e. The first-order chi connectivity index (χ1) is 4.84. The van der Waals surface area contributed by atoms with E-state index in [-0.39, 0.29) is 10.7 Å². The van der Waals surface area contributed by atoms with E-state index >= 15 is 0 Å². The summed E-state index contributed by atoms with van der Waals surface area (Å²) in [5, 5.41) is 0. The van der Waals surface area contributed by atoms with Gasteiger partial charge in [0.2, 0.25) is 0 Å². The summed E-state index contributed by atoms with van der Waals surface area (Å²) in [5.74, 6) is -0.354. The number of rotatable bonds is 1. The third kappa shape index (κ3) is 2.33. The van der Waals surface area contributed by atoms with E-state index in [2.05, 4.69) is 9.72 Å². The molecule has 1 heterocycles. The third-order valence-corrected chi connectivity index (χ3v) is 1.08. The summed E-state index contributed by atoms with van der Waals surface area (Å²) in [7, 11) is 1.34. The van der Waals surface area contributed by atoms with Gasteiger partial charge in [0.1, 0.15) is 0 Å². The molecule has 60 valence electrons. The Kier molecular flexibility index (Phi) is 3.80. The predicted molar refractivity (Wildman–Crippen MR) is 38.1 cm³/mol. The van der Waals surface area contributed by atoms with Crippen LogP contribution >= 0.6 is 0 Å². The van der Waals surface area contributed by atoms with E-state index in [0.717, 1.165) is 0 Å². The third-order valence-electron chi connectivity index (χ3n) is 1.08. The van der Waals surface area contributed by atoms with Crippen molar-refractivity contribution in [3.05, 3.63) is 30.1 Å². The van der Waals surface area contributed by atoms with E-state index in [1.54, 1.807) is 18.3 Å². The van der Waals surface area contributed by atoms with Crippen molar-refractivity contribution in [1.29, 1.82) is 0 Å². The van der Waals surface area contributed by atoms with Crippen LogP contribution in [0.5, 0.6) is 0 Å². The van der Waals surface area contributed by atoms with Crippen LogP contribution in [-0.2, 0) is 4.74 Å². The summed E-state index contributed by atoms with van der Waals surface area (Å²) < 4.78 is 4.46. The normalized spacial score (nSPS) is 8.09. The van der Waals surface area contributed by atoms with Crippen LogP contribution in [0.25, 0.3) is 0 Å². The SMILES string of the molecule is COC(=O)c1cccnc1.F. The Hall–Kier alpha value is -1.45. The Balaban J connectivity index is 0.000001000. The summed E-state index contributed by atoms with van der Waals surface area (Å²) >= 11 is 0. The van der Waals surface area contributed by atoms with Gasteiger partial charge in [0.25, 0.3) is 0 Å². The highest BCUT2D eigenvalue weighted by Crippen LogP contribution is 1.96. The zero-order valence-electron chi connectivity index (χ0n) is 5.98. The van der Waals surface area contributed by atoms with Crippen molar-refractivity contribution in [2.75, 3.05) is 7.11 Å². The van der Waals surface area contributed by atoms with E-state index in [1.165, 1.54) is 13.3 Å². The number of ether oxygens (including phenoxy) is 1. The Labute approximate surface area is 63.4 Å². The quantitative estimate of drug-likeness (QED) is 0.571. The number of halogens is 1. The highest BCUT2D eigenvalue weighted by Gasteiger charge is 2.01. The standard InChI is InChI=1S/C7H7NO2.FH/c1-10-7(9)6-3-2-4-8-5-6;/h2-5H,1H3;1H. The largest absolute Gasteiger partial charge is 0.465 e. The van der Waals surface area contributed by atoms with E-state index in [1.807, 2.05) is 0 Å². The van der Waals surface area contributed by atoms with Gasteiger partial charge in [-0.2, -0.15) is 0 Å². The van der Waals surface area contributed by atoms with Crippen LogP contribution in [0, 0.1) is 0 Å². The molecular weight excluding hydrogens is 149 g/mol. The highest BCUT2D eigenvalue weighted by molar-refractivity contribution is 5.88. The van der Waals surface area contributed by atoms with Gasteiger partial charge in [-0.05, 0) is 12.1 Å². The molecule has 1 aromatic heterocycles. The first-order valence-corrected chi connectivity index (χ1v) is 2.83. The number of carbonyl (C=O) groups excluding carboxylic acids is 1. The van der Waals surface area contributed by atoms with Gasteiger partial charge in [-0.15, -0.1) is 0 Å². The van der Waals surface area contributed by atoms with Crippen molar-refractivity contribution < 1.29 is 14.2 Å². The van der Waals surface area contributed by atoms with Gasteiger partial charge in [-0.1, -0.05) is 0 Å². The highest BCUT2D eigenvalue weighted by atomic mass is 19.0. The minimum Gasteiger partial charge on any atom is -0.465 e. The first-order valence-electron chi connectivity index (χ1n) is 2.83. The van der Waals surface area contributed by atoms with Gasteiger partial charge in [0.05, 0.1) is 12.7 Å². The fraction of sp³-hybridized carbons (Fsp3) is 0.143. The molecule has 0 aromatic carbocycles. The molecule has 3 nitrogen and oxygen atoms in total. The van der Waals surface area contributed by atoms with Crippen molar-refractivity contribution in [1.82, 2.24) is 4.98 Å². The molecule has 0 aliphatic heterocycles. The summed E-state index contributed by atoms with van der Waals surface area (Å²) in [6.45, 7) is 0. The molecule has 0 aliphatic carbocycles. The van der Waals surface area contributed by atoms with E-state index in [4.69, 9.17) is 0 Å². The molecule has 0 atom stereocenters. The Morgan fingerprint density at radius 3 is 2.82 bits per heavy atom. The number of hydrogen-bond donors (Lipinski definition) is 0. The van der Waals surface area contributed by atoms with Gasteiger partial charge in [-0.3, -0.25) is 9.69 Å². The number of nitrogens with zero attached hydrogens (tertiary/aromatic N) is 1. The van der Waals surface area contributed by atoms with Crippen molar-refractivity contribution in [3.8, 4) is 0 Å². The average Bonchev–Trinajstić information content (AvgIpc) is 2.05. The summed E-state index contributed by atoms with van der Waals surface area (Å²) in [6.07, 6.45) is 3.07. The monoisotopic (exact) mass is 157 g/mol. The second-order valence-electron chi connectivity index (χ2n) is 1.73. The number of aromatic nitrogens is 1. The van der Waals surface area contributed by atoms with Crippen molar-refractivity contribution in [3.63, 3.8) is 0 Å². The van der Waals surface area contributed by atoms with Gasteiger partial charge in [0.15, 0.2) is 0 Å². The molecule has 1 aromatic rings. The summed E-state index contributed by atoms with van der Waals surface area (Å²) in [5.41, 5.74) is 0.477. The van der Waals surface area contributed by atoms with Gasteiger partial charge >= 0.3 is 5.97 Å². The minimum absolute atomic E-state index is 0. The Bertz CT molecular complexity index is 225. The van der Waals surface area contributed by atoms with Crippen LogP contribution in [0.1, 0.15) is 10.4 Å². The number of methoxy groups -OCH3 is 1. The molecule has 0 bridgehead atoms. The molecule has 11 heavy (non-hydrogen) atoms. The molecule has 4 heteroatoms. The van der Waals surface area contributed by atoms with Crippen LogP contribution < -0.4 is 0 Å². The van der Waals surface area contributed by atoms with Crippen molar-refractivity contribution in [2.24, 2.45) is 0 Å². The topological polar surface area (TPSA) is 39.2 Å². The lowest BCUT2D eigenvalue weighted by molar-refractivity contribution is 0.0600. The molecule has 1 rings (SSSR count). The molecule has 0 saturated carbocycles. The maximum Gasteiger partial charge on any atom is 0.339 e. The maximum absolute atomic E-state index is 10.8. The first kappa shape index (κ1) is 9.55. The van der Waals surface area contributed by atoms with Gasteiger partial charge in [0, 0.05) is 12.4 Å². The zero-order chi connectivity index (χ0) is 7.40. The molecule has 0 aliphatic rings. The van der Waals surface area contributed by atoms with E-state index in [0.29, 0.717) is 5.56 Å². The van der Waals surface area contributed by atoms with Crippen LogP contribution in [0.15, 0.2) is 24.5 Å². The lowest BCUT2D eigenvalue weighted by atomic mass is 10.3. The molecule has 0 fully saturated rings. The molecular formula is C7H8FNO2. The predicted octanol–water partition coefficient (Wildman–Crippen LogP) is 1.02. The molecule has 0 radical (unpaired) electrons. The number of carbonyl (C=O) groups is 1. The molecule has 0 spiro atoms. The average molecular weight is 157 g/mol. The molecule has 0 unspecified atom stereocenters. The molecule has 0 amide bonds. The summed E-state index contributed by atoms with van der Waals surface area (Å²) in [6, 6.07) is 3.34. The second-order valence-corrected chi connectivity index (χ2v) is 1.73. The lowest BCUT2D eigenvalue weighted by Gasteiger charge is -1.94. The fourth-order valence-corrected chi connectivity index (χ4v) is 0.601. The Morgan fingerprint density at radius 2 is 2.36 bits per heavy atom. The molecule has 0 saturated heterocycles. The van der Waals surface area contributed by atoms with Crippen LogP contribution in [0.3, 0.4) is 0 Å². The minimum atomic E-state index is -0.354. The van der Waals surface area contributed by atoms with Crippen LogP contribution in [0.2, 0.25) is 0 Å². The van der Waals surface area contributed by atoms with Crippen molar-refractivity contribution in [2.45, 2.75) is 0 Å². The Morgan fingerprint density at radius 1 is 1.64 bits per heavy atom. The van der Waals surface area contributed by atoms with Gasteiger partial charge < -0.3 is 4.74 Å². The zero-order valence-corrected chi connectivity index (χ0v) is 5.98. The number of pyridine rings is 1. The van der Waals surface area contributed by atoms with Crippen LogP contribution in [-0.4, -0.2) is 18.1 Å². The van der Waals surface area contributed by atoms with E-state index in [9.17, 15) is 4.79 Å². The lowest BCUT2D eigenvalue weighted by Crippen LogP contribution is -2.00. The van der Waals surface area contributed by atoms with Crippen molar-refractivity contribution >= 4 is 5.97 Å². The maximum atomic E-state index is 10.8. The number of esters is 1. The van der Waals surface area contributed by atoms with E-state index < -0.39 is 0 Å². The van der Waals surface area contributed by atoms with Gasteiger partial charge in [-0.25, -0.2) is 4.79 Å². The summed E-state index contributed by atoms with van der Waals surface area (Å²) in [4.78, 5) is 14.5.